The molecule has 0 atom stereocenters. The fourth-order valence-corrected chi connectivity index (χ4v) is 1.68. The Labute approximate surface area is 82.6 Å². The first kappa shape index (κ1) is 9.61. The van der Waals surface area contributed by atoms with Gasteiger partial charge in [0.1, 0.15) is 5.60 Å². The summed E-state index contributed by atoms with van der Waals surface area (Å²) in [5, 5.41) is 3.93. The molecule has 0 unspecified atom stereocenters. The van der Waals surface area contributed by atoms with Crippen LogP contribution in [-0.4, -0.2) is 23.8 Å². The van der Waals surface area contributed by atoms with Crippen molar-refractivity contribution in [1.82, 2.24) is 10.1 Å². The van der Waals surface area contributed by atoms with Gasteiger partial charge in [0.05, 0.1) is 0 Å². The number of methoxy groups -OCH3 is 1. The number of nitrogens with zero attached hydrogens (tertiary/aromatic N) is 2. The Kier molecular flexibility index (Phi) is 2.52. The number of hydrogen-bond acceptors (Lipinski definition) is 5. The van der Waals surface area contributed by atoms with Crippen molar-refractivity contribution in [3.8, 4) is 0 Å². The quantitative estimate of drug-likeness (QED) is 0.764. The van der Waals surface area contributed by atoms with Gasteiger partial charge in [-0.25, -0.2) is 0 Å². The third-order valence-corrected chi connectivity index (χ3v) is 2.79. The molecule has 0 aliphatic heterocycles. The van der Waals surface area contributed by atoms with Gasteiger partial charge >= 0.3 is 0 Å². The van der Waals surface area contributed by atoms with Gasteiger partial charge < -0.3 is 15.0 Å². The Morgan fingerprint density at radius 3 is 2.86 bits per heavy atom. The molecule has 1 aromatic heterocycles. The maximum atomic E-state index is 5.44. The average Bonchev–Trinajstić information content (AvgIpc) is 2.54. The highest BCUT2D eigenvalue weighted by Gasteiger charge is 2.43. The van der Waals surface area contributed by atoms with Crippen molar-refractivity contribution in [3.05, 3.63) is 11.7 Å². The number of aromatic nitrogens is 2. The molecule has 5 nitrogen and oxygen atoms in total. The lowest BCUT2D eigenvalue weighted by Gasteiger charge is -2.37. The summed E-state index contributed by atoms with van der Waals surface area (Å²) in [5.41, 5.74) is 5.12. The molecule has 1 aliphatic rings. The molecule has 5 heteroatoms. The SMILES string of the molecule is COC1(c2noc(CCN)n2)CCC1. The normalized spacial score (nSPS) is 19.3. The zero-order valence-corrected chi connectivity index (χ0v) is 8.32. The highest BCUT2D eigenvalue weighted by atomic mass is 16.5. The number of ether oxygens (including phenoxy) is 1. The molecule has 0 spiro atoms. The van der Waals surface area contributed by atoms with Crippen molar-refractivity contribution < 1.29 is 9.26 Å². The van der Waals surface area contributed by atoms with E-state index in [-0.39, 0.29) is 5.60 Å². The second-order valence-corrected chi connectivity index (χ2v) is 3.60. The molecule has 2 rings (SSSR count). The van der Waals surface area contributed by atoms with Crippen molar-refractivity contribution in [2.45, 2.75) is 31.3 Å². The van der Waals surface area contributed by atoms with Crippen molar-refractivity contribution in [3.63, 3.8) is 0 Å². The van der Waals surface area contributed by atoms with Crippen molar-refractivity contribution >= 4 is 0 Å². The summed E-state index contributed by atoms with van der Waals surface area (Å²) >= 11 is 0. The molecule has 78 valence electrons. The molecule has 1 fully saturated rings. The van der Waals surface area contributed by atoms with Gasteiger partial charge in [-0.3, -0.25) is 0 Å². The second kappa shape index (κ2) is 3.67. The van der Waals surface area contributed by atoms with E-state index < -0.39 is 0 Å². The van der Waals surface area contributed by atoms with E-state index in [2.05, 4.69) is 10.1 Å². The predicted octanol–water partition coefficient (Wildman–Crippen LogP) is 0.596. The summed E-state index contributed by atoms with van der Waals surface area (Å²) in [7, 11) is 1.69. The van der Waals surface area contributed by atoms with E-state index in [1.807, 2.05) is 0 Å². The Balaban J connectivity index is 2.15. The molecule has 0 radical (unpaired) electrons. The monoisotopic (exact) mass is 197 g/mol. The van der Waals surface area contributed by atoms with Gasteiger partial charge in [0, 0.05) is 20.1 Å². The van der Waals surface area contributed by atoms with Crippen LogP contribution in [0, 0.1) is 0 Å². The standard InChI is InChI=1S/C9H15N3O2/c1-13-9(4-2-5-9)8-11-7(3-6-10)14-12-8/h2-6,10H2,1H3. The lowest BCUT2D eigenvalue weighted by molar-refractivity contribution is -0.0858. The van der Waals surface area contributed by atoms with Crippen LogP contribution in [0.4, 0.5) is 0 Å². The third-order valence-electron chi connectivity index (χ3n) is 2.79. The lowest BCUT2D eigenvalue weighted by Crippen LogP contribution is -2.37. The smallest absolute Gasteiger partial charge is 0.228 e. The Bertz CT molecular complexity index is 301. The van der Waals surface area contributed by atoms with Crippen molar-refractivity contribution in [2.24, 2.45) is 5.73 Å². The van der Waals surface area contributed by atoms with Crippen LogP contribution >= 0.6 is 0 Å². The predicted molar refractivity (Wildman–Crippen MR) is 49.6 cm³/mol. The number of hydrogen-bond donors (Lipinski definition) is 1. The zero-order chi connectivity index (χ0) is 10.0. The Morgan fingerprint density at radius 1 is 1.57 bits per heavy atom. The topological polar surface area (TPSA) is 74.2 Å². The molecule has 1 saturated carbocycles. The van der Waals surface area contributed by atoms with Gasteiger partial charge in [-0.2, -0.15) is 4.98 Å². The first-order chi connectivity index (χ1) is 6.80. The van der Waals surface area contributed by atoms with E-state index in [9.17, 15) is 0 Å². The van der Waals surface area contributed by atoms with Crippen LogP contribution in [0.25, 0.3) is 0 Å². The van der Waals surface area contributed by atoms with Crippen LogP contribution in [0.2, 0.25) is 0 Å². The van der Waals surface area contributed by atoms with E-state index in [0.717, 1.165) is 19.3 Å². The largest absolute Gasteiger partial charge is 0.370 e. The minimum Gasteiger partial charge on any atom is -0.370 e. The van der Waals surface area contributed by atoms with Crippen LogP contribution in [0.5, 0.6) is 0 Å². The van der Waals surface area contributed by atoms with Gasteiger partial charge in [0.15, 0.2) is 0 Å². The molecule has 14 heavy (non-hydrogen) atoms. The van der Waals surface area contributed by atoms with Crippen LogP contribution in [0.3, 0.4) is 0 Å². The molecule has 1 aliphatic carbocycles. The average molecular weight is 197 g/mol. The van der Waals surface area contributed by atoms with Gasteiger partial charge in [-0.15, -0.1) is 0 Å². The van der Waals surface area contributed by atoms with Gasteiger partial charge in [-0.05, 0) is 19.3 Å². The van der Waals surface area contributed by atoms with Gasteiger partial charge in [0.2, 0.25) is 11.7 Å². The van der Waals surface area contributed by atoms with Gasteiger partial charge in [0.25, 0.3) is 0 Å². The van der Waals surface area contributed by atoms with Crippen LogP contribution in [0.15, 0.2) is 4.52 Å². The first-order valence-electron chi connectivity index (χ1n) is 4.89. The maximum absolute atomic E-state index is 5.44. The first-order valence-corrected chi connectivity index (χ1v) is 4.89. The molecular formula is C9H15N3O2. The maximum Gasteiger partial charge on any atom is 0.228 e. The summed E-state index contributed by atoms with van der Waals surface area (Å²) in [5.74, 6) is 1.28. The van der Waals surface area contributed by atoms with Crippen LogP contribution < -0.4 is 5.73 Å². The molecule has 1 aromatic rings. The fraction of sp³-hybridized carbons (Fsp3) is 0.778. The molecule has 0 bridgehead atoms. The fourth-order valence-electron chi connectivity index (χ4n) is 1.68. The van der Waals surface area contributed by atoms with Crippen LogP contribution in [-0.2, 0) is 16.8 Å². The molecule has 1 heterocycles. The summed E-state index contributed by atoms with van der Waals surface area (Å²) in [4.78, 5) is 4.28. The summed E-state index contributed by atoms with van der Waals surface area (Å²) < 4.78 is 10.5. The van der Waals surface area contributed by atoms with E-state index in [1.165, 1.54) is 0 Å². The molecule has 0 saturated heterocycles. The highest BCUT2D eigenvalue weighted by molar-refractivity contribution is 5.06. The van der Waals surface area contributed by atoms with E-state index >= 15 is 0 Å². The highest BCUT2D eigenvalue weighted by Crippen LogP contribution is 2.42. The Morgan fingerprint density at radius 2 is 2.36 bits per heavy atom. The van der Waals surface area contributed by atoms with Crippen molar-refractivity contribution in [1.29, 1.82) is 0 Å². The minimum atomic E-state index is -0.281. The second-order valence-electron chi connectivity index (χ2n) is 3.60. The lowest BCUT2D eigenvalue weighted by atomic mass is 9.79. The minimum absolute atomic E-state index is 0.281. The van der Waals surface area contributed by atoms with Crippen molar-refractivity contribution in [2.75, 3.05) is 13.7 Å². The number of nitrogens with two attached hydrogens (primary N) is 1. The zero-order valence-electron chi connectivity index (χ0n) is 8.32. The number of rotatable bonds is 4. The third kappa shape index (κ3) is 1.42. The van der Waals surface area contributed by atoms with E-state index in [1.54, 1.807) is 7.11 Å². The summed E-state index contributed by atoms with van der Waals surface area (Å²) in [6, 6.07) is 0. The van der Waals surface area contributed by atoms with Crippen LogP contribution in [0.1, 0.15) is 31.0 Å². The Hall–Kier alpha value is -0.940. The van der Waals surface area contributed by atoms with E-state index in [4.69, 9.17) is 15.0 Å². The summed E-state index contributed by atoms with van der Waals surface area (Å²) in [6.07, 6.45) is 3.75. The molecule has 0 amide bonds. The molecule has 2 N–H and O–H groups in total. The molecular weight excluding hydrogens is 182 g/mol. The molecule has 0 aromatic carbocycles. The van der Waals surface area contributed by atoms with Gasteiger partial charge in [-0.1, -0.05) is 5.16 Å². The van der Waals surface area contributed by atoms with E-state index in [0.29, 0.717) is 24.7 Å². The summed E-state index contributed by atoms with van der Waals surface area (Å²) in [6.45, 7) is 0.529.